The quantitative estimate of drug-likeness (QED) is 0.900. The molecule has 2 amide bonds. The Labute approximate surface area is 152 Å². The first-order valence-corrected chi connectivity index (χ1v) is 8.46. The third kappa shape index (κ3) is 3.74. The second-order valence-corrected chi connectivity index (χ2v) is 6.03. The van der Waals surface area contributed by atoms with Crippen LogP contribution in [-0.4, -0.2) is 24.6 Å². The lowest BCUT2D eigenvalue weighted by atomic mass is 10.1. The largest absolute Gasteiger partial charge is 0.496 e. The normalized spacial score (nSPS) is 14.0. The maximum Gasteiger partial charge on any atom is 0.267 e. The molecule has 1 aliphatic heterocycles. The van der Waals surface area contributed by atoms with Gasteiger partial charge in [0, 0.05) is 24.9 Å². The molecule has 1 N–H and O–H groups in total. The van der Waals surface area contributed by atoms with Gasteiger partial charge in [-0.15, -0.1) is 0 Å². The molecule has 6 heteroatoms. The first-order valence-electron chi connectivity index (χ1n) is 8.46. The molecule has 134 valence electrons. The number of hydrazone groups is 1. The van der Waals surface area contributed by atoms with Crippen molar-refractivity contribution in [2.24, 2.45) is 5.10 Å². The predicted molar refractivity (Wildman–Crippen MR) is 100 cm³/mol. The lowest BCUT2D eigenvalue weighted by Gasteiger charge is -2.24. The van der Waals surface area contributed by atoms with Crippen molar-refractivity contribution >= 4 is 23.2 Å². The van der Waals surface area contributed by atoms with Crippen molar-refractivity contribution in [2.75, 3.05) is 12.1 Å². The van der Waals surface area contributed by atoms with E-state index < -0.39 is 0 Å². The highest BCUT2D eigenvalue weighted by molar-refractivity contribution is 6.40. The summed E-state index contributed by atoms with van der Waals surface area (Å²) in [6.45, 7) is 2.24. The molecular weight excluding hydrogens is 330 g/mol. The average molecular weight is 351 g/mol. The fourth-order valence-electron chi connectivity index (χ4n) is 2.83. The highest BCUT2D eigenvalue weighted by Gasteiger charge is 2.26. The van der Waals surface area contributed by atoms with Crippen molar-refractivity contribution in [2.45, 2.75) is 26.3 Å². The summed E-state index contributed by atoms with van der Waals surface area (Å²) in [7, 11) is 1.59. The van der Waals surface area contributed by atoms with Crippen molar-refractivity contribution in [3.63, 3.8) is 0 Å². The van der Waals surface area contributed by atoms with Gasteiger partial charge in [-0.3, -0.25) is 9.59 Å². The predicted octanol–water partition coefficient (Wildman–Crippen LogP) is 2.80. The monoisotopic (exact) mass is 351 g/mol. The van der Waals surface area contributed by atoms with E-state index in [4.69, 9.17) is 4.74 Å². The second kappa shape index (κ2) is 7.82. The zero-order valence-electron chi connectivity index (χ0n) is 14.9. The zero-order chi connectivity index (χ0) is 18.5. The average Bonchev–Trinajstić information content (AvgIpc) is 2.67. The maximum atomic E-state index is 12.5. The van der Waals surface area contributed by atoms with Gasteiger partial charge in [-0.25, -0.2) is 5.01 Å². The smallest absolute Gasteiger partial charge is 0.267 e. The SMILES string of the molecule is COc1ccccc1CNC(=O)C1=NN(c2ccccc2C)C(=O)CC1. The van der Waals surface area contributed by atoms with Gasteiger partial charge >= 0.3 is 0 Å². The van der Waals surface area contributed by atoms with Gasteiger partial charge in [0.05, 0.1) is 12.8 Å². The first kappa shape index (κ1) is 17.7. The van der Waals surface area contributed by atoms with E-state index in [9.17, 15) is 9.59 Å². The lowest BCUT2D eigenvalue weighted by Crippen LogP contribution is -2.39. The van der Waals surface area contributed by atoms with Crippen LogP contribution in [0.2, 0.25) is 0 Å². The number of benzene rings is 2. The van der Waals surface area contributed by atoms with E-state index in [1.807, 2.05) is 55.5 Å². The topological polar surface area (TPSA) is 71.0 Å². The summed E-state index contributed by atoms with van der Waals surface area (Å²) in [5, 5.41) is 8.49. The van der Waals surface area contributed by atoms with Crippen molar-refractivity contribution in [1.29, 1.82) is 0 Å². The van der Waals surface area contributed by atoms with Crippen LogP contribution < -0.4 is 15.1 Å². The van der Waals surface area contributed by atoms with Crippen LogP contribution in [0.25, 0.3) is 0 Å². The number of aryl methyl sites for hydroxylation is 1. The standard InChI is InChI=1S/C20H21N3O3/c1-14-7-3-5-9-17(14)23-19(24)12-11-16(22-23)20(25)21-13-15-8-4-6-10-18(15)26-2/h3-10H,11-13H2,1-2H3,(H,21,25). The summed E-state index contributed by atoms with van der Waals surface area (Å²) in [5.41, 5.74) is 2.86. The van der Waals surface area contributed by atoms with Gasteiger partial charge in [0.1, 0.15) is 11.5 Å². The number of ether oxygens (including phenoxy) is 1. The van der Waals surface area contributed by atoms with Crippen molar-refractivity contribution in [1.82, 2.24) is 5.32 Å². The fraction of sp³-hybridized carbons (Fsp3) is 0.250. The van der Waals surface area contributed by atoms with Gasteiger partial charge in [0.2, 0.25) is 5.91 Å². The van der Waals surface area contributed by atoms with E-state index in [1.165, 1.54) is 5.01 Å². The lowest BCUT2D eigenvalue weighted by molar-refractivity contribution is -0.119. The minimum Gasteiger partial charge on any atom is -0.496 e. The Hall–Kier alpha value is -3.15. The molecule has 0 fully saturated rings. The third-order valence-corrected chi connectivity index (χ3v) is 4.27. The number of nitrogens with zero attached hydrogens (tertiary/aromatic N) is 2. The zero-order valence-corrected chi connectivity index (χ0v) is 14.9. The fourth-order valence-corrected chi connectivity index (χ4v) is 2.83. The number of hydrogen-bond donors (Lipinski definition) is 1. The molecule has 2 aromatic rings. The number of nitrogens with one attached hydrogen (secondary N) is 1. The molecule has 3 rings (SSSR count). The summed E-state index contributed by atoms with van der Waals surface area (Å²) >= 11 is 0. The molecule has 0 radical (unpaired) electrons. The Balaban J connectivity index is 1.75. The highest BCUT2D eigenvalue weighted by Crippen LogP contribution is 2.24. The molecule has 0 saturated heterocycles. The molecule has 1 aliphatic rings. The summed E-state index contributed by atoms with van der Waals surface area (Å²) in [4.78, 5) is 24.8. The van der Waals surface area contributed by atoms with Crippen molar-refractivity contribution in [3.05, 3.63) is 59.7 Å². The number of carbonyl (C=O) groups excluding carboxylic acids is 2. The van der Waals surface area contributed by atoms with E-state index in [1.54, 1.807) is 7.11 Å². The van der Waals surface area contributed by atoms with Gasteiger partial charge < -0.3 is 10.1 Å². The highest BCUT2D eigenvalue weighted by atomic mass is 16.5. The van der Waals surface area contributed by atoms with Crippen LogP contribution in [0.5, 0.6) is 5.75 Å². The summed E-state index contributed by atoms with van der Waals surface area (Å²) in [5.74, 6) is 0.331. The third-order valence-electron chi connectivity index (χ3n) is 4.27. The minimum absolute atomic E-state index is 0.111. The number of methoxy groups -OCH3 is 1. The van der Waals surface area contributed by atoms with Crippen LogP contribution >= 0.6 is 0 Å². The molecule has 2 aromatic carbocycles. The summed E-state index contributed by atoms with van der Waals surface area (Å²) < 4.78 is 5.29. The number of carbonyl (C=O) groups is 2. The van der Waals surface area contributed by atoms with Gasteiger partial charge in [-0.1, -0.05) is 36.4 Å². The molecule has 0 atom stereocenters. The summed E-state index contributed by atoms with van der Waals surface area (Å²) in [6, 6.07) is 15.0. The Bertz CT molecular complexity index is 861. The molecule has 0 spiro atoms. The van der Waals surface area contributed by atoms with Gasteiger partial charge in [0.15, 0.2) is 0 Å². The molecule has 6 nitrogen and oxygen atoms in total. The molecule has 1 heterocycles. The molecule has 0 bridgehead atoms. The second-order valence-electron chi connectivity index (χ2n) is 6.03. The van der Waals surface area contributed by atoms with Gasteiger partial charge in [-0.2, -0.15) is 5.10 Å². The van der Waals surface area contributed by atoms with E-state index in [0.717, 1.165) is 16.9 Å². The molecule has 26 heavy (non-hydrogen) atoms. The Morgan fingerprint density at radius 3 is 2.65 bits per heavy atom. The molecule has 0 aromatic heterocycles. The maximum absolute atomic E-state index is 12.5. The van der Waals surface area contributed by atoms with Crippen LogP contribution in [-0.2, 0) is 16.1 Å². The molecule has 0 aliphatic carbocycles. The number of hydrogen-bond acceptors (Lipinski definition) is 4. The van der Waals surface area contributed by atoms with Gasteiger partial charge in [0.25, 0.3) is 5.91 Å². The minimum atomic E-state index is -0.276. The Morgan fingerprint density at radius 2 is 1.88 bits per heavy atom. The van der Waals surface area contributed by atoms with Crippen molar-refractivity contribution in [3.8, 4) is 5.75 Å². The van der Waals surface area contributed by atoms with E-state index >= 15 is 0 Å². The van der Waals surface area contributed by atoms with Crippen LogP contribution in [0.4, 0.5) is 5.69 Å². The number of amides is 2. The van der Waals surface area contributed by atoms with Crippen LogP contribution in [0, 0.1) is 6.92 Å². The molecular formula is C20H21N3O3. The van der Waals surface area contributed by atoms with E-state index in [0.29, 0.717) is 24.4 Å². The van der Waals surface area contributed by atoms with Crippen molar-refractivity contribution < 1.29 is 14.3 Å². The van der Waals surface area contributed by atoms with Gasteiger partial charge in [-0.05, 0) is 24.6 Å². The van der Waals surface area contributed by atoms with Crippen LogP contribution in [0.15, 0.2) is 53.6 Å². The van der Waals surface area contributed by atoms with E-state index in [-0.39, 0.29) is 18.2 Å². The number of anilines is 1. The van der Waals surface area contributed by atoms with E-state index in [2.05, 4.69) is 10.4 Å². The number of para-hydroxylation sites is 2. The first-order chi connectivity index (χ1) is 12.6. The van der Waals surface area contributed by atoms with Crippen LogP contribution in [0.3, 0.4) is 0 Å². The number of rotatable bonds is 5. The molecule has 0 saturated carbocycles. The molecule has 0 unspecified atom stereocenters. The van der Waals surface area contributed by atoms with Crippen LogP contribution in [0.1, 0.15) is 24.0 Å². The Kier molecular flexibility index (Phi) is 5.31. The summed E-state index contributed by atoms with van der Waals surface area (Å²) in [6.07, 6.45) is 0.591. The Morgan fingerprint density at radius 1 is 1.15 bits per heavy atom.